The molecular formula is C16H18O2. The first-order valence-corrected chi connectivity index (χ1v) is 6.34. The second-order valence-electron chi connectivity index (χ2n) is 4.75. The minimum atomic E-state index is -0.200. The predicted molar refractivity (Wildman–Crippen MR) is 74.0 cm³/mol. The highest BCUT2D eigenvalue weighted by Gasteiger charge is 2.04. The van der Waals surface area contributed by atoms with E-state index in [1.807, 2.05) is 18.2 Å². The number of benzene rings is 2. The van der Waals surface area contributed by atoms with Crippen LogP contribution in [0.15, 0.2) is 36.4 Å². The lowest BCUT2D eigenvalue weighted by molar-refractivity contribution is -0.134. The van der Waals surface area contributed by atoms with Gasteiger partial charge in [0.1, 0.15) is 5.75 Å². The number of hydrogen-bond donors (Lipinski definition) is 0. The Balaban J connectivity index is 2.39. The van der Waals surface area contributed by atoms with Crippen molar-refractivity contribution < 1.29 is 9.53 Å². The van der Waals surface area contributed by atoms with Crippen molar-refractivity contribution in [2.45, 2.75) is 33.1 Å². The van der Waals surface area contributed by atoms with Crippen molar-refractivity contribution in [2.75, 3.05) is 0 Å². The van der Waals surface area contributed by atoms with Crippen LogP contribution in [0.2, 0.25) is 0 Å². The minimum absolute atomic E-state index is 0.200. The number of hydrogen-bond acceptors (Lipinski definition) is 2. The number of carbonyl (C=O) groups excluding carboxylic acids is 1. The fourth-order valence-corrected chi connectivity index (χ4v) is 1.87. The average Bonchev–Trinajstić information content (AvgIpc) is 2.37. The molecule has 0 atom stereocenters. The Labute approximate surface area is 108 Å². The van der Waals surface area contributed by atoms with E-state index in [-0.39, 0.29) is 5.97 Å². The second-order valence-corrected chi connectivity index (χ2v) is 4.75. The lowest BCUT2D eigenvalue weighted by Gasteiger charge is -2.08. The highest BCUT2D eigenvalue weighted by Crippen LogP contribution is 2.25. The number of carbonyl (C=O) groups is 1. The summed E-state index contributed by atoms with van der Waals surface area (Å²) in [6.45, 7) is 6.13. The van der Waals surface area contributed by atoms with Crippen LogP contribution in [-0.4, -0.2) is 5.97 Å². The van der Waals surface area contributed by atoms with Crippen LogP contribution in [0.4, 0.5) is 0 Å². The maximum absolute atomic E-state index is 11.3. The van der Waals surface area contributed by atoms with Gasteiger partial charge in [0.15, 0.2) is 0 Å². The molecule has 2 nitrogen and oxygen atoms in total. The van der Waals surface area contributed by atoms with Crippen LogP contribution in [0.3, 0.4) is 0 Å². The van der Waals surface area contributed by atoms with Crippen LogP contribution >= 0.6 is 0 Å². The Bertz CT molecular complexity index is 570. The summed E-state index contributed by atoms with van der Waals surface area (Å²) in [4.78, 5) is 11.3. The largest absolute Gasteiger partial charge is 0.427 e. The van der Waals surface area contributed by atoms with Crippen molar-refractivity contribution in [2.24, 2.45) is 0 Å². The fraction of sp³-hybridized carbons (Fsp3) is 0.312. The lowest BCUT2D eigenvalue weighted by atomic mass is 9.99. The minimum Gasteiger partial charge on any atom is -0.427 e. The first-order chi connectivity index (χ1) is 8.60. The number of rotatable bonds is 3. The molecule has 94 valence electrons. The van der Waals surface area contributed by atoms with Crippen molar-refractivity contribution in [3.63, 3.8) is 0 Å². The molecule has 18 heavy (non-hydrogen) atoms. The molecular weight excluding hydrogens is 224 g/mol. The van der Waals surface area contributed by atoms with Crippen molar-refractivity contribution >= 4 is 16.7 Å². The van der Waals surface area contributed by atoms with Gasteiger partial charge in [-0.2, -0.15) is 0 Å². The molecule has 0 bridgehead atoms. The van der Waals surface area contributed by atoms with Crippen molar-refractivity contribution in [3.8, 4) is 5.75 Å². The van der Waals surface area contributed by atoms with Crippen LogP contribution in [0, 0.1) is 0 Å². The SMILES string of the molecule is CCC(=O)Oc1ccc2ccc(C(C)C)cc2c1. The van der Waals surface area contributed by atoms with Crippen LogP contribution in [0.25, 0.3) is 10.8 Å². The van der Waals surface area contributed by atoms with Gasteiger partial charge in [-0.05, 0) is 34.4 Å². The van der Waals surface area contributed by atoms with Crippen LogP contribution < -0.4 is 4.74 Å². The molecule has 0 amide bonds. The third kappa shape index (κ3) is 2.70. The normalized spacial score (nSPS) is 10.9. The summed E-state index contributed by atoms with van der Waals surface area (Å²) in [6, 6.07) is 12.2. The van der Waals surface area contributed by atoms with E-state index < -0.39 is 0 Å². The van der Waals surface area contributed by atoms with Gasteiger partial charge in [0.2, 0.25) is 0 Å². The molecule has 0 saturated heterocycles. The van der Waals surface area contributed by atoms with Crippen molar-refractivity contribution in [3.05, 3.63) is 42.0 Å². The first-order valence-electron chi connectivity index (χ1n) is 6.34. The Morgan fingerprint density at radius 2 is 1.83 bits per heavy atom. The molecule has 2 heteroatoms. The predicted octanol–water partition coefficient (Wildman–Crippen LogP) is 4.28. The lowest BCUT2D eigenvalue weighted by Crippen LogP contribution is -2.05. The van der Waals surface area contributed by atoms with E-state index in [1.54, 1.807) is 6.92 Å². The van der Waals surface area contributed by atoms with E-state index >= 15 is 0 Å². The maximum Gasteiger partial charge on any atom is 0.310 e. The summed E-state index contributed by atoms with van der Waals surface area (Å²) in [7, 11) is 0. The molecule has 0 aliphatic carbocycles. The van der Waals surface area contributed by atoms with E-state index in [2.05, 4.69) is 32.0 Å². The third-order valence-electron chi connectivity index (χ3n) is 3.02. The molecule has 0 aliphatic rings. The summed E-state index contributed by atoms with van der Waals surface area (Å²) < 4.78 is 5.23. The molecule has 2 rings (SSSR count). The summed E-state index contributed by atoms with van der Waals surface area (Å²) in [5, 5.41) is 2.28. The Morgan fingerprint density at radius 3 is 2.50 bits per heavy atom. The molecule has 0 unspecified atom stereocenters. The summed E-state index contributed by atoms with van der Waals surface area (Å²) in [5.41, 5.74) is 1.29. The van der Waals surface area contributed by atoms with E-state index in [9.17, 15) is 4.79 Å². The van der Waals surface area contributed by atoms with Gasteiger partial charge in [-0.15, -0.1) is 0 Å². The highest BCUT2D eigenvalue weighted by molar-refractivity contribution is 5.85. The van der Waals surface area contributed by atoms with Gasteiger partial charge < -0.3 is 4.74 Å². The van der Waals surface area contributed by atoms with Gasteiger partial charge in [-0.25, -0.2) is 0 Å². The molecule has 2 aromatic carbocycles. The van der Waals surface area contributed by atoms with E-state index in [0.29, 0.717) is 18.1 Å². The van der Waals surface area contributed by atoms with Crippen molar-refractivity contribution in [1.82, 2.24) is 0 Å². The van der Waals surface area contributed by atoms with Crippen molar-refractivity contribution in [1.29, 1.82) is 0 Å². The van der Waals surface area contributed by atoms with Gasteiger partial charge in [0, 0.05) is 6.42 Å². The van der Waals surface area contributed by atoms with E-state index in [4.69, 9.17) is 4.74 Å². The molecule has 0 radical (unpaired) electrons. The molecule has 0 spiro atoms. The zero-order valence-electron chi connectivity index (χ0n) is 11.1. The van der Waals surface area contributed by atoms with Gasteiger partial charge in [-0.1, -0.05) is 45.0 Å². The van der Waals surface area contributed by atoms with Gasteiger partial charge in [0.25, 0.3) is 0 Å². The standard InChI is InChI=1S/C16H18O2/c1-4-16(17)18-15-8-7-12-5-6-13(11(2)3)9-14(12)10-15/h5-11H,4H2,1-3H3. The molecule has 0 fully saturated rings. The third-order valence-corrected chi connectivity index (χ3v) is 3.02. The van der Waals surface area contributed by atoms with E-state index in [1.165, 1.54) is 5.56 Å². The topological polar surface area (TPSA) is 26.3 Å². The molecule has 0 aromatic heterocycles. The van der Waals surface area contributed by atoms with Crippen LogP contribution in [-0.2, 0) is 4.79 Å². The van der Waals surface area contributed by atoms with Gasteiger partial charge in [-0.3, -0.25) is 4.79 Å². The molecule has 0 aliphatic heterocycles. The zero-order valence-corrected chi connectivity index (χ0v) is 11.1. The molecule has 0 saturated carbocycles. The fourth-order valence-electron chi connectivity index (χ4n) is 1.87. The molecule has 2 aromatic rings. The highest BCUT2D eigenvalue weighted by atomic mass is 16.5. The van der Waals surface area contributed by atoms with Gasteiger partial charge in [0.05, 0.1) is 0 Å². The van der Waals surface area contributed by atoms with Crippen LogP contribution in [0.1, 0.15) is 38.7 Å². The average molecular weight is 242 g/mol. The van der Waals surface area contributed by atoms with Crippen LogP contribution in [0.5, 0.6) is 5.75 Å². The monoisotopic (exact) mass is 242 g/mol. The zero-order chi connectivity index (χ0) is 13.1. The Hall–Kier alpha value is -1.83. The summed E-state index contributed by atoms with van der Waals surface area (Å²) in [5.74, 6) is 0.917. The maximum atomic E-state index is 11.3. The summed E-state index contributed by atoms with van der Waals surface area (Å²) >= 11 is 0. The first kappa shape index (κ1) is 12.6. The van der Waals surface area contributed by atoms with E-state index in [0.717, 1.165) is 10.8 Å². The molecule has 0 N–H and O–H groups in total. The Morgan fingerprint density at radius 1 is 1.11 bits per heavy atom. The number of esters is 1. The van der Waals surface area contributed by atoms with Gasteiger partial charge >= 0.3 is 5.97 Å². The Kier molecular flexibility index (Phi) is 3.66. The second kappa shape index (κ2) is 5.21. The summed E-state index contributed by atoms with van der Waals surface area (Å²) in [6.07, 6.45) is 0.393. The smallest absolute Gasteiger partial charge is 0.310 e. The number of ether oxygens (including phenoxy) is 1. The molecule has 0 heterocycles. The number of fused-ring (bicyclic) bond motifs is 1. The quantitative estimate of drug-likeness (QED) is 0.593.